The van der Waals surface area contributed by atoms with Crippen LogP contribution in [0.3, 0.4) is 0 Å². The van der Waals surface area contributed by atoms with Gasteiger partial charge in [-0.05, 0) is 38.1 Å². The second-order valence-corrected chi connectivity index (χ2v) is 3.44. The van der Waals surface area contributed by atoms with E-state index in [0.29, 0.717) is 10.6 Å². The van der Waals surface area contributed by atoms with Crippen LogP contribution in [-0.2, 0) is 0 Å². The van der Waals surface area contributed by atoms with E-state index in [2.05, 4.69) is 10.5 Å². The van der Waals surface area contributed by atoms with Crippen molar-refractivity contribution in [3.8, 4) is 0 Å². The highest BCUT2D eigenvalue weighted by atomic mass is 35.5. The van der Waals surface area contributed by atoms with Crippen molar-refractivity contribution >= 4 is 23.2 Å². The number of hydrogen-bond donors (Lipinski definition) is 1. The molecule has 0 aliphatic heterocycles. The van der Waals surface area contributed by atoms with Crippen LogP contribution < -0.4 is 5.43 Å². The van der Waals surface area contributed by atoms with Gasteiger partial charge in [-0.3, -0.25) is 4.79 Å². The summed E-state index contributed by atoms with van der Waals surface area (Å²) >= 11 is 5.68. The van der Waals surface area contributed by atoms with Gasteiger partial charge < -0.3 is 0 Å². The molecule has 0 heterocycles. The zero-order chi connectivity index (χ0) is 10.6. The molecule has 0 aliphatic rings. The molecule has 0 saturated heterocycles. The van der Waals surface area contributed by atoms with Crippen molar-refractivity contribution in [2.24, 2.45) is 5.10 Å². The number of carbonyl (C=O) groups excluding carboxylic acids is 1. The van der Waals surface area contributed by atoms with Crippen LogP contribution in [0.5, 0.6) is 0 Å². The van der Waals surface area contributed by atoms with E-state index < -0.39 is 0 Å². The Kier molecular flexibility index (Phi) is 3.65. The molecule has 1 aromatic rings. The summed E-state index contributed by atoms with van der Waals surface area (Å²) in [6.45, 7) is 3.62. The summed E-state index contributed by atoms with van der Waals surface area (Å²) in [5, 5.41) is 4.42. The first-order valence-corrected chi connectivity index (χ1v) is 4.54. The van der Waals surface area contributed by atoms with E-state index in [1.54, 1.807) is 24.3 Å². The summed E-state index contributed by atoms with van der Waals surface area (Å²) in [4.78, 5) is 11.4. The van der Waals surface area contributed by atoms with Gasteiger partial charge >= 0.3 is 0 Å². The highest BCUT2D eigenvalue weighted by Crippen LogP contribution is 2.09. The zero-order valence-electron chi connectivity index (χ0n) is 8.04. The molecule has 74 valence electrons. The van der Waals surface area contributed by atoms with Crippen molar-refractivity contribution in [1.82, 2.24) is 5.43 Å². The third-order valence-corrected chi connectivity index (χ3v) is 1.74. The zero-order valence-corrected chi connectivity index (χ0v) is 8.80. The molecule has 0 saturated carbocycles. The molecule has 14 heavy (non-hydrogen) atoms. The summed E-state index contributed by atoms with van der Waals surface area (Å²) in [5.41, 5.74) is 3.76. The lowest BCUT2D eigenvalue weighted by Crippen LogP contribution is -2.18. The Morgan fingerprint density at radius 2 is 1.86 bits per heavy atom. The van der Waals surface area contributed by atoms with Crippen molar-refractivity contribution in [2.75, 3.05) is 0 Å². The second-order valence-electron chi connectivity index (χ2n) is 3.01. The van der Waals surface area contributed by atoms with Gasteiger partial charge in [-0.2, -0.15) is 5.10 Å². The maximum Gasteiger partial charge on any atom is 0.271 e. The van der Waals surface area contributed by atoms with E-state index in [4.69, 9.17) is 11.6 Å². The first kappa shape index (κ1) is 10.7. The van der Waals surface area contributed by atoms with Crippen LogP contribution >= 0.6 is 11.6 Å². The van der Waals surface area contributed by atoms with E-state index in [0.717, 1.165) is 5.71 Å². The third-order valence-electron chi connectivity index (χ3n) is 1.49. The number of amides is 1. The summed E-state index contributed by atoms with van der Waals surface area (Å²) in [6, 6.07) is 6.63. The Morgan fingerprint density at radius 3 is 2.36 bits per heavy atom. The normalized spacial score (nSPS) is 9.36. The van der Waals surface area contributed by atoms with Gasteiger partial charge in [-0.1, -0.05) is 11.6 Å². The van der Waals surface area contributed by atoms with Crippen LogP contribution in [0.2, 0.25) is 5.02 Å². The smallest absolute Gasteiger partial charge is 0.267 e. The molecule has 3 nitrogen and oxygen atoms in total. The number of nitrogens with zero attached hydrogens (tertiary/aromatic N) is 1. The molecule has 0 bridgehead atoms. The molecular formula is C10H11ClN2O. The van der Waals surface area contributed by atoms with Crippen LogP contribution in [0.15, 0.2) is 29.4 Å². The van der Waals surface area contributed by atoms with Crippen molar-refractivity contribution in [3.05, 3.63) is 34.9 Å². The molecule has 0 aliphatic carbocycles. The monoisotopic (exact) mass is 210 g/mol. The topological polar surface area (TPSA) is 41.5 Å². The van der Waals surface area contributed by atoms with E-state index >= 15 is 0 Å². The molecule has 1 aromatic carbocycles. The highest BCUT2D eigenvalue weighted by molar-refractivity contribution is 6.30. The fourth-order valence-electron chi connectivity index (χ4n) is 0.828. The SMILES string of the molecule is CC(C)=NNC(=O)c1ccc(Cl)cc1. The van der Waals surface area contributed by atoms with Gasteiger partial charge in [0.1, 0.15) is 0 Å². The predicted molar refractivity (Wildman–Crippen MR) is 57.7 cm³/mol. The minimum atomic E-state index is -0.233. The summed E-state index contributed by atoms with van der Waals surface area (Å²) in [7, 11) is 0. The van der Waals surface area contributed by atoms with Crippen LogP contribution in [0.4, 0.5) is 0 Å². The van der Waals surface area contributed by atoms with Crippen LogP contribution in [0.1, 0.15) is 24.2 Å². The number of nitrogens with one attached hydrogen (secondary N) is 1. The van der Waals surface area contributed by atoms with E-state index in [1.165, 1.54) is 0 Å². The second kappa shape index (κ2) is 4.77. The molecule has 0 radical (unpaired) electrons. The standard InChI is InChI=1S/C10H11ClN2O/c1-7(2)12-13-10(14)8-3-5-9(11)6-4-8/h3-6H,1-2H3,(H,13,14). The molecule has 0 fully saturated rings. The minimum Gasteiger partial charge on any atom is -0.267 e. The average Bonchev–Trinajstić information content (AvgIpc) is 2.15. The molecule has 0 spiro atoms. The van der Waals surface area contributed by atoms with E-state index in [9.17, 15) is 4.79 Å². The number of carbonyl (C=O) groups is 1. The average molecular weight is 211 g/mol. The lowest BCUT2D eigenvalue weighted by atomic mass is 10.2. The van der Waals surface area contributed by atoms with Crippen molar-refractivity contribution in [1.29, 1.82) is 0 Å². The van der Waals surface area contributed by atoms with Gasteiger partial charge in [-0.15, -0.1) is 0 Å². The maximum atomic E-state index is 11.4. The third kappa shape index (κ3) is 3.18. The molecule has 0 aromatic heterocycles. The molecule has 0 unspecified atom stereocenters. The molecule has 1 amide bonds. The summed E-state index contributed by atoms with van der Waals surface area (Å²) in [6.07, 6.45) is 0. The Hall–Kier alpha value is -1.35. The molecule has 4 heteroatoms. The van der Waals surface area contributed by atoms with Crippen molar-refractivity contribution in [2.45, 2.75) is 13.8 Å². The number of hydrazone groups is 1. The minimum absolute atomic E-state index is 0.233. The number of benzene rings is 1. The van der Waals surface area contributed by atoms with Crippen LogP contribution in [0.25, 0.3) is 0 Å². The Balaban J connectivity index is 2.70. The Morgan fingerprint density at radius 1 is 1.29 bits per heavy atom. The Labute approximate surface area is 87.8 Å². The summed E-state index contributed by atoms with van der Waals surface area (Å²) in [5.74, 6) is -0.233. The van der Waals surface area contributed by atoms with E-state index in [-0.39, 0.29) is 5.91 Å². The van der Waals surface area contributed by atoms with Crippen LogP contribution in [0, 0.1) is 0 Å². The fraction of sp³-hybridized carbons (Fsp3) is 0.200. The maximum absolute atomic E-state index is 11.4. The van der Waals surface area contributed by atoms with Gasteiger partial charge in [0.2, 0.25) is 0 Å². The predicted octanol–water partition coefficient (Wildman–Crippen LogP) is 2.47. The van der Waals surface area contributed by atoms with Gasteiger partial charge in [0.15, 0.2) is 0 Å². The Bertz CT molecular complexity index is 353. The first-order chi connectivity index (χ1) is 6.59. The van der Waals surface area contributed by atoms with Gasteiger partial charge in [0, 0.05) is 16.3 Å². The lowest BCUT2D eigenvalue weighted by molar-refractivity contribution is 0.0955. The van der Waals surface area contributed by atoms with Gasteiger partial charge in [0.05, 0.1) is 0 Å². The number of hydrogen-bond acceptors (Lipinski definition) is 2. The number of halogens is 1. The highest BCUT2D eigenvalue weighted by Gasteiger charge is 2.02. The number of rotatable bonds is 2. The van der Waals surface area contributed by atoms with Crippen molar-refractivity contribution < 1.29 is 4.79 Å². The summed E-state index contributed by atoms with van der Waals surface area (Å²) < 4.78 is 0. The molecule has 0 atom stereocenters. The molecular weight excluding hydrogens is 200 g/mol. The van der Waals surface area contributed by atoms with E-state index in [1.807, 2.05) is 13.8 Å². The largest absolute Gasteiger partial charge is 0.271 e. The van der Waals surface area contributed by atoms with Gasteiger partial charge in [0.25, 0.3) is 5.91 Å². The molecule has 1 N–H and O–H groups in total. The first-order valence-electron chi connectivity index (χ1n) is 4.16. The van der Waals surface area contributed by atoms with Gasteiger partial charge in [-0.25, -0.2) is 5.43 Å². The van der Waals surface area contributed by atoms with Crippen LogP contribution in [-0.4, -0.2) is 11.6 Å². The van der Waals surface area contributed by atoms with Crippen molar-refractivity contribution in [3.63, 3.8) is 0 Å². The molecule has 1 rings (SSSR count). The quantitative estimate of drug-likeness (QED) is 0.591. The fourth-order valence-corrected chi connectivity index (χ4v) is 0.954. The lowest BCUT2D eigenvalue weighted by Gasteiger charge is -1.99.